The Morgan fingerprint density at radius 1 is 1.33 bits per heavy atom. The SMILES string of the molecule is CCSc1cccc(N2CCC(C)(CC)CC2)c1C(N)=S. The average Bonchev–Trinajstić information content (AvgIpc) is 2.48. The lowest BCUT2D eigenvalue weighted by atomic mass is 9.78. The highest BCUT2D eigenvalue weighted by atomic mass is 32.2. The van der Waals surface area contributed by atoms with E-state index in [1.54, 1.807) is 0 Å². The molecule has 0 amide bonds. The fourth-order valence-corrected chi connectivity index (χ4v) is 4.07. The van der Waals surface area contributed by atoms with Gasteiger partial charge in [0.15, 0.2) is 0 Å². The third-order valence-corrected chi connectivity index (χ3v) is 5.86. The van der Waals surface area contributed by atoms with Crippen LogP contribution in [0.3, 0.4) is 0 Å². The van der Waals surface area contributed by atoms with Crippen molar-refractivity contribution in [3.8, 4) is 0 Å². The molecule has 0 unspecified atom stereocenters. The van der Waals surface area contributed by atoms with Gasteiger partial charge in [-0.1, -0.05) is 45.5 Å². The van der Waals surface area contributed by atoms with Crippen LogP contribution in [0.15, 0.2) is 23.1 Å². The van der Waals surface area contributed by atoms with Crippen LogP contribution >= 0.6 is 24.0 Å². The Balaban J connectivity index is 2.28. The molecule has 0 bridgehead atoms. The number of nitrogens with two attached hydrogens (primary N) is 1. The minimum absolute atomic E-state index is 0.496. The van der Waals surface area contributed by atoms with E-state index in [1.807, 2.05) is 11.8 Å². The molecule has 1 aromatic rings. The summed E-state index contributed by atoms with van der Waals surface area (Å²) in [5.74, 6) is 1.03. The van der Waals surface area contributed by atoms with Gasteiger partial charge in [-0.3, -0.25) is 0 Å². The predicted molar refractivity (Wildman–Crippen MR) is 98.6 cm³/mol. The second kappa shape index (κ2) is 7.01. The molecule has 0 aliphatic carbocycles. The van der Waals surface area contributed by atoms with E-state index in [0.29, 0.717) is 10.4 Å². The molecule has 1 fully saturated rings. The first-order chi connectivity index (χ1) is 10.0. The largest absolute Gasteiger partial charge is 0.389 e. The first kappa shape index (κ1) is 16.6. The van der Waals surface area contributed by atoms with Gasteiger partial charge in [-0.05, 0) is 36.1 Å². The zero-order valence-electron chi connectivity index (χ0n) is 13.3. The van der Waals surface area contributed by atoms with Crippen LogP contribution in [-0.4, -0.2) is 23.8 Å². The van der Waals surface area contributed by atoms with Gasteiger partial charge in [0.05, 0.1) is 0 Å². The molecule has 2 nitrogen and oxygen atoms in total. The summed E-state index contributed by atoms with van der Waals surface area (Å²) in [5.41, 5.74) is 8.81. The lowest BCUT2D eigenvalue weighted by molar-refractivity contribution is 0.238. The smallest absolute Gasteiger partial charge is 0.107 e. The molecule has 1 saturated heterocycles. The van der Waals surface area contributed by atoms with Crippen LogP contribution in [0.5, 0.6) is 0 Å². The van der Waals surface area contributed by atoms with Crippen LogP contribution in [0.1, 0.15) is 45.6 Å². The van der Waals surface area contributed by atoms with Crippen molar-refractivity contribution in [3.05, 3.63) is 23.8 Å². The fourth-order valence-electron chi connectivity index (χ4n) is 2.95. The molecule has 2 N–H and O–H groups in total. The highest BCUT2D eigenvalue weighted by Gasteiger charge is 2.29. The number of rotatable bonds is 5. The van der Waals surface area contributed by atoms with Crippen molar-refractivity contribution in [2.24, 2.45) is 11.1 Å². The Morgan fingerprint density at radius 3 is 2.52 bits per heavy atom. The van der Waals surface area contributed by atoms with Crippen LogP contribution in [0, 0.1) is 5.41 Å². The molecule has 0 spiro atoms. The van der Waals surface area contributed by atoms with Crippen LogP contribution < -0.4 is 10.6 Å². The first-order valence-corrected chi connectivity index (χ1v) is 9.20. The Morgan fingerprint density at radius 2 is 2.00 bits per heavy atom. The molecule has 0 aromatic heterocycles. The van der Waals surface area contributed by atoms with Gasteiger partial charge in [0.1, 0.15) is 4.99 Å². The summed E-state index contributed by atoms with van der Waals surface area (Å²) in [6, 6.07) is 6.43. The molecule has 1 heterocycles. The minimum atomic E-state index is 0.496. The number of hydrogen-bond acceptors (Lipinski definition) is 3. The topological polar surface area (TPSA) is 29.3 Å². The lowest BCUT2D eigenvalue weighted by Gasteiger charge is -2.40. The van der Waals surface area contributed by atoms with E-state index < -0.39 is 0 Å². The van der Waals surface area contributed by atoms with Crippen molar-refractivity contribution >= 4 is 34.7 Å². The quantitative estimate of drug-likeness (QED) is 0.640. The van der Waals surface area contributed by atoms with Gasteiger partial charge in [-0.2, -0.15) is 0 Å². The predicted octanol–water partition coefficient (Wildman–Crippen LogP) is 4.45. The maximum absolute atomic E-state index is 6.02. The molecule has 1 aliphatic rings. The van der Waals surface area contributed by atoms with Gasteiger partial charge in [-0.15, -0.1) is 11.8 Å². The second-order valence-electron chi connectivity index (χ2n) is 6.10. The van der Waals surface area contributed by atoms with Crippen molar-refractivity contribution in [2.45, 2.75) is 44.9 Å². The van der Waals surface area contributed by atoms with E-state index in [2.05, 4.69) is 43.9 Å². The van der Waals surface area contributed by atoms with Gasteiger partial charge < -0.3 is 10.6 Å². The number of thioether (sulfide) groups is 1. The Kier molecular flexibility index (Phi) is 5.55. The molecule has 4 heteroatoms. The number of nitrogens with zero attached hydrogens (tertiary/aromatic N) is 1. The van der Waals surface area contributed by atoms with Gasteiger partial charge in [-0.25, -0.2) is 0 Å². The molecule has 1 aliphatic heterocycles. The van der Waals surface area contributed by atoms with Gasteiger partial charge >= 0.3 is 0 Å². The first-order valence-electron chi connectivity index (χ1n) is 7.81. The Labute approximate surface area is 138 Å². The molecular formula is C17H26N2S2. The summed E-state index contributed by atoms with van der Waals surface area (Å²) >= 11 is 7.14. The van der Waals surface area contributed by atoms with E-state index in [0.717, 1.165) is 24.4 Å². The third-order valence-electron chi connectivity index (χ3n) is 4.72. The fraction of sp³-hybridized carbons (Fsp3) is 0.588. The summed E-state index contributed by atoms with van der Waals surface area (Å²) < 4.78 is 0. The number of benzene rings is 1. The van der Waals surface area contributed by atoms with Crippen molar-refractivity contribution in [2.75, 3.05) is 23.7 Å². The zero-order valence-corrected chi connectivity index (χ0v) is 14.9. The van der Waals surface area contributed by atoms with E-state index in [4.69, 9.17) is 18.0 Å². The monoisotopic (exact) mass is 322 g/mol. The Bertz CT molecular complexity index is 506. The number of hydrogen-bond donors (Lipinski definition) is 1. The van der Waals surface area contributed by atoms with Crippen LogP contribution in [0.4, 0.5) is 5.69 Å². The molecule has 0 atom stereocenters. The van der Waals surface area contributed by atoms with E-state index in [1.165, 1.54) is 29.8 Å². The van der Waals surface area contributed by atoms with Crippen molar-refractivity contribution in [3.63, 3.8) is 0 Å². The second-order valence-corrected chi connectivity index (χ2v) is 7.84. The number of thiocarbonyl (C=S) groups is 1. The van der Waals surface area contributed by atoms with Crippen molar-refractivity contribution in [1.82, 2.24) is 0 Å². The maximum Gasteiger partial charge on any atom is 0.107 e. The molecule has 1 aromatic carbocycles. The van der Waals surface area contributed by atoms with Crippen molar-refractivity contribution in [1.29, 1.82) is 0 Å². The van der Waals surface area contributed by atoms with Crippen LogP contribution in [0.25, 0.3) is 0 Å². The Hall–Kier alpha value is -0.740. The van der Waals surface area contributed by atoms with Gasteiger partial charge in [0.25, 0.3) is 0 Å². The highest BCUT2D eigenvalue weighted by Crippen LogP contribution is 2.38. The molecule has 2 rings (SSSR count). The van der Waals surface area contributed by atoms with E-state index in [9.17, 15) is 0 Å². The molecule has 21 heavy (non-hydrogen) atoms. The molecule has 116 valence electrons. The van der Waals surface area contributed by atoms with Gasteiger partial charge in [0, 0.05) is 29.2 Å². The van der Waals surface area contributed by atoms with Gasteiger partial charge in [0.2, 0.25) is 0 Å². The number of anilines is 1. The van der Waals surface area contributed by atoms with Crippen LogP contribution in [0.2, 0.25) is 0 Å². The highest BCUT2D eigenvalue weighted by molar-refractivity contribution is 7.99. The summed E-state index contributed by atoms with van der Waals surface area (Å²) in [5, 5.41) is 0. The molecule has 0 radical (unpaired) electrons. The lowest BCUT2D eigenvalue weighted by Crippen LogP contribution is -2.39. The summed E-state index contributed by atoms with van der Waals surface area (Å²) in [7, 11) is 0. The normalized spacial score (nSPS) is 17.8. The standard InChI is InChI=1S/C17H26N2S2/c1-4-17(3)9-11-19(12-10-17)13-7-6-8-14(21-5-2)15(13)16(18)20/h6-8H,4-5,9-12H2,1-3H3,(H2,18,20). The summed E-state index contributed by atoms with van der Waals surface area (Å²) in [6.07, 6.45) is 3.74. The average molecular weight is 323 g/mol. The summed E-state index contributed by atoms with van der Waals surface area (Å²) in [4.78, 5) is 4.20. The van der Waals surface area contributed by atoms with Crippen molar-refractivity contribution < 1.29 is 0 Å². The minimum Gasteiger partial charge on any atom is -0.389 e. The van der Waals surface area contributed by atoms with E-state index >= 15 is 0 Å². The number of piperidine rings is 1. The summed E-state index contributed by atoms with van der Waals surface area (Å²) in [6.45, 7) is 9.06. The van der Waals surface area contributed by atoms with E-state index in [-0.39, 0.29) is 0 Å². The maximum atomic E-state index is 6.02. The molecule has 0 saturated carbocycles. The third kappa shape index (κ3) is 3.72. The zero-order chi connectivity index (χ0) is 15.5. The van der Waals surface area contributed by atoms with Crippen LogP contribution in [-0.2, 0) is 0 Å². The molecular weight excluding hydrogens is 296 g/mol.